The van der Waals surface area contributed by atoms with Crippen LogP contribution in [-0.2, 0) is 16.6 Å². The maximum absolute atomic E-state index is 13.1. The van der Waals surface area contributed by atoms with Gasteiger partial charge in [0.2, 0.25) is 5.91 Å². The minimum atomic E-state index is -0.465. The molecule has 3 rings (SSSR count). The zero-order valence-corrected chi connectivity index (χ0v) is 19.7. The molecule has 0 saturated carbocycles. The van der Waals surface area contributed by atoms with E-state index >= 15 is 0 Å². The molecule has 1 N–H and O–H groups in total. The number of aromatic nitrogens is 3. The average molecular weight is 479 g/mol. The van der Waals surface area contributed by atoms with Crippen molar-refractivity contribution in [2.75, 3.05) is 17.7 Å². The Balaban J connectivity index is 1.60. The summed E-state index contributed by atoms with van der Waals surface area (Å²) >= 11 is 2.53. The highest BCUT2D eigenvalue weighted by atomic mass is 32.2. The molecule has 0 aliphatic heterocycles. The Labute approximate surface area is 193 Å². The smallest absolute Gasteiger partial charge is 0.341 e. The minimum Gasteiger partial charge on any atom is -0.483 e. The molecule has 0 spiro atoms. The van der Waals surface area contributed by atoms with Gasteiger partial charge in [-0.25, -0.2) is 9.18 Å². The number of nitrogens with zero attached hydrogens (tertiary/aromatic N) is 3. The molecule has 3 aromatic rings. The molecular weight excluding hydrogens is 455 g/mol. The number of hydrogen-bond donors (Lipinski definition) is 1. The number of thioether (sulfide) groups is 1. The van der Waals surface area contributed by atoms with Crippen molar-refractivity contribution in [3.8, 4) is 5.75 Å². The lowest BCUT2D eigenvalue weighted by molar-refractivity contribution is -0.113. The molecule has 1 amide bonds. The van der Waals surface area contributed by atoms with Gasteiger partial charge >= 0.3 is 5.97 Å². The number of hydrogen-bond acceptors (Lipinski definition) is 8. The molecule has 0 fully saturated rings. The third-order valence-electron chi connectivity index (χ3n) is 4.29. The topological polar surface area (TPSA) is 95.3 Å². The second-order valence-electron chi connectivity index (χ2n) is 6.77. The fourth-order valence-corrected chi connectivity index (χ4v) is 4.47. The highest BCUT2D eigenvalue weighted by Gasteiger charge is 2.20. The number of amides is 1. The Morgan fingerprint density at radius 3 is 2.69 bits per heavy atom. The quantitative estimate of drug-likeness (QED) is 0.360. The Hall–Kier alpha value is -2.92. The molecule has 0 saturated heterocycles. The normalized spacial score (nSPS) is 11.8. The Morgan fingerprint density at radius 1 is 1.28 bits per heavy atom. The molecule has 11 heteroatoms. The van der Waals surface area contributed by atoms with Crippen molar-refractivity contribution >= 4 is 40.0 Å². The lowest BCUT2D eigenvalue weighted by atomic mass is 10.3. The van der Waals surface area contributed by atoms with E-state index in [0.717, 1.165) is 4.88 Å². The number of nitrogens with one attached hydrogen (secondary N) is 1. The first-order valence-corrected chi connectivity index (χ1v) is 11.6. The van der Waals surface area contributed by atoms with E-state index in [-0.39, 0.29) is 24.1 Å². The van der Waals surface area contributed by atoms with Gasteiger partial charge in [-0.3, -0.25) is 4.79 Å². The van der Waals surface area contributed by atoms with Gasteiger partial charge in [0.25, 0.3) is 0 Å². The van der Waals surface area contributed by atoms with Crippen LogP contribution in [0.5, 0.6) is 5.75 Å². The predicted octanol–water partition coefficient (Wildman–Crippen LogP) is 4.37. The standard InChI is InChI=1S/C21H23FN4O4S2/c1-5-29-20(28)16-10-12(2)32-19(16)23-17(27)11-31-21-25-24-18(26(21)4)13(3)30-15-8-6-14(22)7-9-15/h6-10,13H,5,11H2,1-4H3,(H,23,27). The lowest BCUT2D eigenvalue weighted by Crippen LogP contribution is -2.16. The SMILES string of the molecule is CCOC(=O)c1cc(C)sc1NC(=O)CSc1nnc(C(C)Oc2ccc(F)cc2)n1C. The van der Waals surface area contributed by atoms with E-state index in [2.05, 4.69) is 15.5 Å². The second-order valence-corrected chi connectivity index (χ2v) is 8.97. The third-order valence-corrected chi connectivity index (χ3v) is 6.28. The number of carbonyl (C=O) groups is 2. The van der Waals surface area contributed by atoms with Crippen LogP contribution >= 0.6 is 23.1 Å². The van der Waals surface area contributed by atoms with Crippen molar-refractivity contribution in [3.05, 3.63) is 52.4 Å². The molecule has 1 unspecified atom stereocenters. The molecule has 170 valence electrons. The number of carbonyl (C=O) groups excluding carboxylic acids is 2. The summed E-state index contributed by atoms with van der Waals surface area (Å²) in [6.07, 6.45) is -0.428. The molecule has 1 atom stereocenters. The Kier molecular flexibility index (Phi) is 7.86. The predicted molar refractivity (Wildman–Crippen MR) is 121 cm³/mol. The van der Waals surface area contributed by atoms with Crippen LogP contribution in [0.25, 0.3) is 0 Å². The first-order chi connectivity index (χ1) is 15.3. The van der Waals surface area contributed by atoms with Crippen molar-refractivity contribution in [2.45, 2.75) is 32.0 Å². The van der Waals surface area contributed by atoms with Crippen LogP contribution in [0.3, 0.4) is 0 Å². The van der Waals surface area contributed by atoms with Gasteiger partial charge in [0.05, 0.1) is 17.9 Å². The van der Waals surface area contributed by atoms with E-state index < -0.39 is 12.1 Å². The average Bonchev–Trinajstić information content (AvgIpc) is 3.30. The number of aryl methyl sites for hydroxylation is 1. The number of halogens is 1. The molecular formula is C21H23FN4O4S2. The molecule has 2 aromatic heterocycles. The minimum absolute atomic E-state index is 0.0817. The highest BCUT2D eigenvalue weighted by Crippen LogP contribution is 2.29. The number of ether oxygens (including phenoxy) is 2. The van der Waals surface area contributed by atoms with Crippen LogP contribution in [0.4, 0.5) is 9.39 Å². The van der Waals surface area contributed by atoms with E-state index in [1.807, 2.05) is 13.8 Å². The summed E-state index contributed by atoms with van der Waals surface area (Å²) in [4.78, 5) is 25.4. The van der Waals surface area contributed by atoms with Gasteiger partial charge in [0.1, 0.15) is 16.6 Å². The maximum Gasteiger partial charge on any atom is 0.341 e. The Morgan fingerprint density at radius 2 is 2.00 bits per heavy atom. The lowest BCUT2D eigenvalue weighted by Gasteiger charge is -2.14. The molecule has 2 heterocycles. The van der Waals surface area contributed by atoms with Crippen LogP contribution in [0.15, 0.2) is 35.5 Å². The van der Waals surface area contributed by atoms with Crippen molar-refractivity contribution in [1.82, 2.24) is 14.8 Å². The van der Waals surface area contributed by atoms with Crippen molar-refractivity contribution < 1.29 is 23.5 Å². The van der Waals surface area contributed by atoms with E-state index in [9.17, 15) is 14.0 Å². The van der Waals surface area contributed by atoms with Crippen LogP contribution < -0.4 is 10.1 Å². The summed E-state index contributed by atoms with van der Waals surface area (Å²) in [6, 6.07) is 7.42. The van der Waals surface area contributed by atoms with Crippen LogP contribution in [0, 0.1) is 12.7 Å². The number of anilines is 1. The van der Waals surface area contributed by atoms with Crippen molar-refractivity contribution in [2.24, 2.45) is 7.05 Å². The maximum atomic E-state index is 13.1. The van der Waals surface area contributed by atoms with E-state index in [0.29, 0.717) is 27.3 Å². The van der Waals surface area contributed by atoms with Gasteiger partial charge in [-0.1, -0.05) is 11.8 Å². The summed E-state index contributed by atoms with van der Waals surface area (Å²) in [6.45, 7) is 5.65. The van der Waals surface area contributed by atoms with Gasteiger partial charge in [0.15, 0.2) is 17.1 Å². The second kappa shape index (κ2) is 10.6. The molecule has 8 nitrogen and oxygen atoms in total. The molecule has 1 aromatic carbocycles. The van der Waals surface area contributed by atoms with Gasteiger partial charge < -0.3 is 19.4 Å². The number of rotatable bonds is 9. The molecule has 0 aliphatic carbocycles. The van der Waals surface area contributed by atoms with Crippen LogP contribution in [-0.4, -0.2) is 39.0 Å². The molecule has 0 bridgehead atoms. The number of esters is 1. The highest BCUT2D eigenvalue weighted by molar-refractivity contribution is 7.99. The van der Waals surface area contributed by atoms with Crippen molar-refractivity contribution in [1.29, 1.82) is 0 Å². The summed E-state index contributed by atoms with van der Waals surface area (Å²) < 4.78 is 25.6. The number of benzene rings is 1. The van der Waals surface area contributed by atoms with E-state index in [4.69, 9.17) is 9.47 Å². The van der Waals surface area contributed by atoms with Gasteiger partial charge in [-0.2, -0.15) is 0 Å². The van der Waals surface area contributed by atoms with Crippen molar-refractivity contribution in [3.63, 3.8) is 0 Å². The Bertz CT molecular complexity index is 1100. The number of thiophene rings is 1. The third kappa shape index (κ3) is 5.86. The molecule has 32 heavy (non-hydrogen) atoms. The summed E-state index contributed by atoms with van der Waals surface area (Å²) in [5.74, 6) is 0.0799. The first kappa shape index (κ1) is 23.7. The van der Waals surface area contributed by atoms with Gasteiger partial charge in [0, 0.05) is 11.9 Å². The fraction of sp³-hybridized carbons (Fsp3) is 0.333. The molecule has 0 aliphatic rings. The van der Waals surface area contributed by atoms with E-state index in [1.165, 1.54) is 35.2 Å². The fourth-order valence-electron chi connectivity index (χ4n) is 2.84. The monoisotopic (exact) mass is 478 g/mol. The van der Waals surface area contributed by atoms with Crippen LogP contribution in [0.1, 0.15) is 41.0 Å². The summed E-state index contributed by atoms with van der Waals surface area (Å²) in [5.41, 5.74) is 0.348. The zero-order valence-electron chi connectivity index (χ0n) is 18.0. The van der Waals surface area contributed by atoms with Gasteiger partial charge in [-0.15, -0.1) is 21.5 Å². The van der Waals surface area contributed by atoms with Crippen LogP contribution in [0.2, 0.25) is 0 Å². The summed E-state index contributed by atoms with van der Waals surface area (Å²) in [5, 5.41) is 12.1. The first-order valence-electron chi connectivity index (χ1n) is 9.80. The molecule has 0 radical (unpaired) electrons. The van der Waals surface area contributed by atoms with E-state index in [1.54, 1.807) is 36.7 Å². The largest absolute Gasteiger partial charge is 0.483 e. The van der Waals surface area contributed by atoms with Gasteiger partial charge in [-0.05, 0) is 51.1 Å². The summed E-state index contributed by atoms with van der Waals surface area (Å²) in [7, 11) is 1.78. The zero-order chi connectivity index (χ0) is 23.3.